The van der Waals surface area contributed by atoms with Crippen LogP contribution in [0.3, 0.4) is 0 Å². The van der Waals surface area contributed by atoms with Crippen LogP contribution in [0.4, 0.5) is 0 Å². The number of aliphatic imine (C=N–C) groups is 1. The van der Waals surface area contributed by atoms with Crippen LogP contribution in [0.2, 0.25) is 0 Å². The van der Waals surface area contributed by atoms with Gasteiger partial charge in [0.15, 0.2) is 11.7 Å². The number of hydrogen-bond donors (Lipinski definition) is 5. The molecule has 1 aliphatic carbocycles. The molecule has 1 heterocycles. The highest BCUT2D eigenvalue weighted by atomic mass is 16.2. The number of ketones is 2. The zero-order valence-corrected chi connectivity index (χ0v) is 22.1. The number of carbonyl (C=O) groups is 4. The van der Waals surface area contributed by atoms with E-state index in [-0.39, 0.29) is 36.3 Å². The quantitative estimate of drug-likeness (QED) is 0.120. The number of carbonyl (C=O) groups excluding carboxylic acids is 4. The van der Waals surface area contributed by atoms with Gasteiger partial charge in [-0.2, -0.15) is 0 Å². The summed E-state index contributed by atoms with van der Waals surface area (Å²) >= 11 is 0. The van der Waals surface area contributed by atoms with Crippen molar-refractivity contribution in [2.24, 2.45) is 39.9 Å². The van der Waals surface area contributed by atoms with Crippen LogP contribution in [0, 0.1) is 17.8 Å². The lowest BCUT2D eigenvalue weighted by molar-refractivity contribution is -0.133. The van der Waals surface area contributed by atoms with E-state index in [9.17, 15) is 19.2 Å². The number of amides is 2. The van der Waals surface area contributed by atoms with Crippen molar-refractivity contribution in [3.05, 3.63) is 36.0 Å². The summed E-state index contributed by atoms with van der Waals surface area (Å²) in [5.74, 6) is -1.97. The zero-order chi connectivity index (χ0) is 27.7. The number of Topliss-reactive ketones (excluding diaryl/α,β-unsaturated/α-hetero) is 2. The predicted molar refractivity (Wildman–Crippen MR) is 147 cm³/mol. The lowest BCUT2D eigenvalue weighted by atomic mass is 9.89. The van der Waals surface area contributed by atoms with Crippen LogP contribution in [-0.4, -0.2) is 46.9 Å². The number of primary amides is 1. The minimum atomic E-state index is -0.833. The summed E-state index contributed by atoms with van der Waals surface area (Å²) in [6, 6.07) is 6.94. The number of rotatable bonds is 17. The first kappa shape index (κ1) is 28.9. The van der Waals surface area contributed by atoms with Crippen molar-refractivity contribution in [3.63, 3.8) is 0 Å². The van der Waals surface area contributed by atoms with Crippen molar-refractivity contribution in [1.29, 1.82) is 0 Å². The Morgan fingerprint density at radius 3 is 2.47 bits per heavy atom. The number of guanidine groups is 1. The number of aromatic nitrogens is 1. The largest absolute Gasteiger partial charge is 0.370 e. The fourth-order valence-electron chi connectivity index (χ4n) is 4.79. The summed E-state index contributed by atoms with van der Waals surface area (Å²) in [4.78, 5) is 58.5. The minimum Gasteiger partial charge on any atom is -0.370 e. The Labute approximate surface area is 223 Å². The van der Waals surface area contributed by atoms with Gasteiger partial charge in [-0.05, 0) is 43.2 Å². The van der Waals surface area contributed by atoms with Gasteiger partial charge >= 0.3 is 0 Å². The molecule has 1 saturated carbocycles. The molecule has 1 aliphatic rings. The van der Waals surface area contributed by atoms with Crippen LogP contribution in [0.15, 0.2) is 35.5 Å². The van der Waals surface area contributed by atoms with Crippen LogP contribution in [0.5, 0.6) is 0 Å². The number of H-pyrrole nitrogens is 1. The van der Waals surface area contributed by atoms with Gasteiger partial charge in [-0.25, -0.2) is 0 Å². The average molecular weight is 525 g/mol. The molecule has 1 aromatic heterocycles. The van der Waals surface area contributed by atoms with Crippen LogP contribution < -0.4 is 22.5 Å². The van der Waals surface area contributed by atoms with E-state index in [2.05, 4.69) is 15.3 Å². The summed E-state index contributed by atoms with van der Waals surface area (Å²) < 4.78 is 0. The molecular formula is C28H40N6O4. The number of hydrogen-bond acceptors (Lipinski definition) is 5. The fraction of sp³-hybridized carbons (Fsp3) is 0.536. The van der Waals surface area contributed by atoms with E-state index in [4.69, 9.17) is 17.2 Å². The van der Waals surface area contributed by atoms with Crippen molar-refractivity contribution in [3.8, 4) is 0 Å². The van der Waals surface area contributed by atoms with Crippen molar-refractivity contribution < 1.29 is 19.2 Å². The summed E-state index contributed by atoms with van der Waals surface area (Å²) in [7, 11) is 0. The number of benzene rings is 1. The van der Waals surface area contributed by atoms with Gasteiger partial charge in [-0.1, -0.05) is 38.0 Å². The molecule has 1 fully saturated rings. The zero-order valence-electron chi connectivity index (χ0n) is 22.1. The van der Waals surface area contributed by atoms with E-state index in [1.165, 1.54) is 0 Å². The van der Waals surface area contributed by atoms with Gasteiger partial charge in [-0.15, -0.1) is 0 Å². The van der Waals surface area contributed by atoms with Gasteiger partial charge in [0, 0.05) is 54.7 Å². The van der Waals surface area contributed by atoms with Gasteiger partial charge < -0.3 is 27.5 Å². The highest BCUT2D eigenvalue weighted by molar-refractivity contribution is 5.94. The van der Waals surface area contributed by atoms with Gasteiger partial charge in [-0.3, -0.25) is 24.2 Å². The average Bonchev–Trinajstić information content (AvgIpc) is 3.62. The minimum absolute atomic E-state index is 0.0277. The molecule has 1 aromatic carbocycles. The molecule has 0 unspecified atom stereocenters. The molecule has 3 rings (SSSR count). The number of para-hydroxylation sites is 1. The summed E-state index contributed by atoms with van der Waals surface area (Å²) in [5.41, 5.74) is 18.3. The smallest absolute Gasteiger partial charge is 0.224 e. The van der Waals surface area contributed by atoms with Crippen LogP contribution in [0.25, 0.3) is 10.9 Å². The maximum Gasteiger partial charge on any atom is 0.224 e. The highest BCUT2D eigenvalue weighted by Gasteiger charge is 2.33. The third-order valence-corrected chi connectivity index (χ3v) is 7.20. The van der Waals surface area contributed by atoms with Crippen molar-refractivity contribution in [2.45, 2.75) is 70.8 Å². The Morgan fingerprint density at radius 1 is 1.08 bits per heavy atom. The molecule has 0 aliphatic heterocycles. The molecule has 0 radical (unpaired) electrons. The van der Waals surface area contributed by atoms with Crippen molar-refractivity contribution >= 4 is 40.2 Å². The summed E-state index contributed by atoms with van der Waals surface area (Å²) in [6.07, 6.45) is 6.00. The highest BCUT2D eigenvalue weighted by Crippen LogP contribution is 2.36. The molecule has 3 atom stereocenters. The van der Waals surface area contributed by atoms with Crippen molar-refractivity contribution in [2.75, 3.05) is 6.54 Å². The number of nitrogens with zero attached hydrogens (tertiary/aromatic N) is 1. The molecule has 38 heavy (non-hydrogen) atoms. The predicted octanol–water partition coefficient (Wildman–Crippen LogP) is 2.10. The van der Waals surface area contributed by atoms with E-state index in [0.29, 0.717) is 44.6 Å². The van der Waals surface area contributed by atoms with Gasteiger partial charge in [0.05, 0.1) is 6.04 Å². The van der Waals surface area contributed by atoms with Crippen LogP contribution >= 0.6 is 0 Å². The number of aromatic amines is 1. The van der Waals surface area contributed by atoms with Crippen LogP contribution in [0.1, 0.15) is 63.9 Å². The molecule has 0 bridgehead atoms. The fourth-order valence-corrected chi connectivity index (χ4v) is 4.79. The molecule has 2 amide bonds. The first-order valence-corrected chi connectivity index (χ1v) is 13.4. The molecule has 10 heteroatoms. The lowest BCUT2D eigenvalue weighted by Crippen LogP contribution is -2.45. The first-order chi connectivity index (χ1) is 18.2. The Morgan fingerprint density at radius 2 is 1.82 bits per heavy atom. The van der Waals surface area contributed by atoms with E-state index < -0.39 is 23.8 Å². The second-order valence-corrected chi connectivity index (χ2v) is 10.3. The maximum atomic E-state index is 13.5. The third-order valence-electron chi connectivity index (χ3n) is 7.20. The molecule has 0 spiro atoms. The van der Waals surface area contributed by atoms with Crippen LogP contribution in [-0.2, 0) is 25.6 Å². The standard InChI is InChI=1S/C28H40N6O4/c1-2-21(35)14-19(13-20-16-33-23-7-4-3-6-22(20)23)27(38)34-24(8-5-11-32-28(30)31)25(36)15-18(26(29)37)12-17-9-10-17/h3-4,6-7,16-19,24,33H,2,5,8-15H2,1H3,(H2,29,37)(H,34,38)(H4,30,31,32)/t18-,19+,24+/m1/s1. The monoisotopic (exact) mass is 524 g/mol. The SMILES string of the molecule is CCC(=O)C[C@H](Cc1c[nH]c2ccccc12)C(=O)N[C@@H](CCCN=C(N)N)C(=O)C[C@@H](CC1CC1)C(N)=O. The third kappa shape index (κ3) is 8.71. The van der Waals surface area contributed by atoms with E-state index >= 15 is 0 Å². The Kier molecular flexibility index (Phi) is 10.4. The molecule has 8 N–H and O–H groups in total. The molecule has 206 valence electrons. The topological polar surface area (TPSA) is 187 Å². The number of fused-ring (bicyclic) bond motifs is 1. The lowest BCUT2D eigenvalue weighted by Gasteiger charge is -2.23. The van der Waals surface area contributed by atoms with Gasteiger partial charge in [0.2, 0.25) is 11.8 Å². The second kappa shape index (κ2) is 13.7. The Balaban J connectivity index is 1.76. The second-order valence-electron chi connectivity index (χ2n) is 10.3. The van der Waals surface area contributed by atoms with Gasteiger partial charge in [0.25, 0.3) is 0 Å². The molecular weight excluding hydrogens is 484 g/mol. The number of nitrogens with two attached hydrogens (primary N) is 3. The van der Waals surface area contributed by atoms with E-state index in [1.807, 2.05) is 30.5 Å². The number of nitrogens with one attached hydrogen (secondary N) is 2. The maximum absolute atomic E-state index is 13.5. The first-order valence-electron chi connectivity index (χ1n) is 13.4. The van der Waals surface area contributed by atoms with E-state index in [1.54, 1.807) is 6.92 Å². The Bertz CT molecular complexity index is 1170. The summed E-state index contributed by atoms with van der Waals surface area (Å²) in [5, 5.41) is 3.88. The van der Waals surface area contributed by atoms with E-state index in [0.717, 1.165) is 29.3 Å². The molecule has 0 saturated heterocycles. The van der Waals surface area contributed by atoms with Crippen molar-refractivity contribution in [1.82, 2.24) is 10.3 Å². The molecule has 10 nitrogen and oxygen atoms in total. The Hall–Kier alpha value is -3.69. The normalized spacial score (nSPS) is 15.4. The molecule has 2 aromatic rings. The summed E-state index contributed by atoms with van der Waals surface area (Å²) in [6.45, 7) is 2.07. The van der Waals surface area contributed by atoms with Gasteiger partial charge in [0.1, 0.15) is 5.78 Å².